The summed E-state index contributed by atoms with van der Waals surface area (Å²) in [5, 5.41) is 5.81. The molecule has 0 saturated heterocycles. The number of sulfone groups is 1. The van der Waals surface area contributed by atoms with E-state index in [1.807, 2.05) is 19.1 Å². The van der Waals surface area contributed by atoms with Crippen LogP contribution < -0.4 is 20.1 Å². The Kier molecular flexibility index (Phi) is 4.44. The van der Waals surface area contributed by atoms with Gasteiger partial charge in [0.25, 0.3) is 5.91 Å². The smallest absolute Gasteiger partial charge is 0.269 e. The van der Waals surface area contributed by atoms with Gasteiger partial charge in [-0.25, -0.2) is 8.42 Å². The van der Waals surface area contributed by atoms with Crippen LogP contribution in [-0.4, -0.2) is 21.1 Å². The van der Waals surface area contributed by atoms with Crippen molar-refractivity contribution < 1.29 is 22.7 Å². The van der Waals surface area contributed by atoms with Crippen molar-refractivity contribution >= 4 is 32.8 Å². The van der Waals surface area contributed by atoms with Crippen molar-refractivity contribution in [3.05, 3.63) is 82.8 Å². The zero-order chi connectivity index (χ0) is 21.6. The quantitative estimate of drug-likeness (QED) is 0.646. The van der Waals surface area contributed by atoms with Crippen LogP contribution in [-0.2, 0) is 14.6 Å². The molecular weight excluding hydrogens is 416 g/mol. The van der Waals surface area contributed by atoms with Gasteiger partial charge < -0.3 is 20.1 Å². The number of fused-ring (bicyclic) bond motifs is 2. The van der Waals surface area contributed by atoms with E-state index in [1.54, 1.807) is 48.5 Å². The summed E-state index contributed by atoms with van der Waals surface area (Å²) in [6.45, 7) is 2.06. The van der Waals surface area contributed by atoms with Gasteiger partial charge in [0.1, 0.15) is 0 Å². The summed E-state index contributed by atoms with van der Waals surface area (Å²) in [4.78, 5) is 12.9. The zero-order valence-electron chi connectivity index (χ0n) is 16.5. The minimum absolute atomic E-state index is 0.0901. The van der Waals surface area contributed by atoms with Gasteiger partial charge in [0.05, 0.1) is 10.6 Å². The highest BCUT2D eigenvalue weighted by Crippen LogP contribution is 2.41. The van der Waals surface area contributed by atoms with Gasteiger partial charge in [0.15, 0.2) is 16.4 Å². The fourth-order valence-electron chi connectivity index (χ4n) is 3.58. The average molecular weight is 434 g/mol. The van der Waals surface area contributed by atoms with Crippen molar-refractivity contribution in [1.82, 2.24) is 0 Å². The predicted octanol–water partition coefficient (Wildman–Crippen LogP) is 3.93. The molecule has 0 aromatic heterocycles. The summed E-state index contributed by atoms with van der Waals surface area (Å²) >= 11 is 0. The predicted molar refractivity (Wildman–Crippen MR) is 117 cm³/mol. The molecule has 0 unspecified atom stereocenters. The third-order valence-electron chi connectivity index (χ3n) is 5.10. The number of carbonyl (C=O) groups excluding carboxylic acids is 1. The van der Waals surface area contributed by atoms with Gasteiger partial charge in [-0.2, -0.15) is 0 Å². The molecule has 2 N–H and O–H groups in total. The molecule has 3 aromatic rings. The molecule has 8 heteroatoms. The molecule has 3 aromatic carbocycles. The first-order valence-electron chi connectivity index (χ1n) is 9.57. The molecule has 156 valence electrons. The second kappa shape index (κ2) is 7.17. The van der Waals surface area contributed by atoms with E-state index in [-0.39, 0.29) is 22.3 Å². The highest BCUT2D eigenvalue weighted by Gasteiger charge is 2.40. The summed E-state index contributed by atoms with van der Waals surface area (Å²) in [5.41, 5.74) is 2.78. The molecular formula is C23H18N2O5S. The van der Waals surface area contributed by atoms with Gasteiger partial charge in [-0.05, 0) is 37.3 Å². The van der Waals surface area contributed by atoms with Crippen LogP contribution in [0.25, 0.3) is 5.70 Å². The molecule has 0 radical (unpaired) electrons. The number of carbonyl (C=O) groups is 1. The van der Waals surface area contributed by atoms with E-state index in [9.17, 15) is 13.2 Å². The Hall–Kier alpha value is -3.78. The van der Waals surface area contributed by atoms with Crippen LogP contribution >= 0.6 is 0 Å². The summed E-state index contributed by atoms with van der Waals surface area (Å²) < 4.78 is 37.2. The van der Waals surface area contributed by atoms with E-state index < -0.39 is 15.7 Å². The largest absolute Gasteiger partial charge is 0.454 e. The lowest BCUT2D eigenvalue weighted by Gasteiger charge is -2.12. The lowest BCUT2D eigenvalue weighted by molar-refractivity contribution is -0.112. The van der Waals surface area contributed by atoms with Crippen molar-refractivity contribution in [2.45, 2.75) is 11.8 Å². The Balaban J connectivity index is 1.58. The first kappa shape index (κ1) is 19.2. The first-order valence-corrected chi connectivity index (χ1v) is 11.1. The highest BCUT2D eigenvalue weighted by atomic mass is 32.2. The maximum absolute atomic E-state index is 13.3. The average Bonchev–Trinajstić information content (AvgIpc) is 3.30. The molecule has 1 amide bonds. The van der Waals surface area contributed by atoms with E-state index >= 15 is 0 Å². The Morgan fingerprint density at radius 3 is 2.42 bits per heavy atom. The number of hydrogen-bond acceptors (Lipinski definition) is 6. The minimum atomic E-state index is -4.01. The third-order valence-corrected chi connectivity index (χ3v) is 6.96. The SMILES string of the molecule is Cc1ccc(NC(=O)C2=C(Nc3ccc4c(c3)OCO4)c3ccccc3S2(=O)=O)cc1. The number of ether oxygens (including phenoxy) is 2. The first-order chi connectivity index (χ1) is 14.9. The van der Waals surface area contributed by atoms with Gasteiger partial charge >= 0.3 is 0 Å². The number of nitrogens with one attached hydrogen (secondary N) is 2. The van der Waals surface area contributed by atoms with Crippen LogP contribution in [0.3, 0.4) is 0 Å². The minimum Gasteiger partial charge on any atom is -0.454 e. The number of aryl methyl sites for hydroxylation is 1. The van der Waals surface area contributed by atoms with E-state index in [2.05, 4.69) is 10.6 Å². The van der Waals surface area contributed by atoms with Gasteiger partial charge in [-0.3, -0.25) is 4.79 Å². The number of amides is 1. The topological polar surface area (TPSA) is 93.7 Å². The summed E-state index contributed by atoms with van der Waals surface area (Å²) in [6.07, 6.45) is 0. The molecule has 2 aliphatic heterocycles. The zero-order valence-corrected chi connectivity index (χ0v) is 17.3. The Morgan fingerprint density at radius 1 is 0.903 bits per heavy atom. The third kappa shape index (κ3) is 3.30. The Bertz CT molecular complexity index is 1340. The van der Waals surface area contributed by atoms with E-state index in [0.29, 0.717) is 28.4 Å². The lowest BCUT2D eigenvalue weighted by atomic mass is 10.1. The van der Waals surface area contributed by atoms with Crippen LogP contribution in [0.15, 0.2) is 76.5 Å². The molecule has 5 rings (SSSR count). The Labute approximate surface area is 179 Å². The van der Waals surface area contributed by atoms with Crippen molar-refractivity contribution in [2.75, 3.05) is 17.4 Å². The monoisotopic (exact) mass is 434 g/mol. The highest BCUT2D eigenvalue weighted by molar-refractivity contribution is 7.97. The summed E-state index contributed by atoms with van der Waals surface area (Å²) in [6, 6.07) is 18.9. The molecule has 0 atom stereocenters. The van der Waals surface area contributed by atoms with Gasteiger partial charge in [-0.1, -0.05) is 35.9 Å². The van der Waals surface area contributed by atoms with E-state index in [0.717, 1.165) is 5.56 Å². The van der Waals surface area contributed by atoms with Crippen LogP contribution in [0, 0.1) is 6.92 Å². The summed E-state index contributed by atoms with van der Waals surface area (Å²) in [7, 11) is -4.01. The van der Waals surface area contributed by atoms with E-state index in [4.69, 9.17) is 9.47 Å². The fraction of sp³-hybridized carbons (Fsp3) is 0.0870. The van der Waals surface area contributed by atoms with E-state index in [1.165, 1.54) is 6.07 Å². The van der Waals surface area contributed by atoms with Crippen molar-refractivity contribution in [2.24, 2.45) is 0 Å². The van der Waals surface area contributed by atoms with Crippen LogP contribution in [0.5, 0.6) is 11.5 Å². The standard InChI is InChI=1S/C23H18N2O5S/c1-14-6-8-15(9-7-14)25-23(26)22-21(17-4-2-3-5-20(17)31(22,27)28)24-16-10-11-18-19(12-16)30-13-29-18/h2-12,24H,13H2,1H3,(H,25,26). The molecule has 0 saturated carbocycles. The van der Waals surface area contributed by atoms with Crippen molar-refractivity contribution in [1.29, 1.82) is 0 Å². The van der Waals surface area contributed by atoms with Crippen molar-refractivity contribution in [3.63, 3.8) is 0 Å². The molecule has 0 bridgehead atoms. The van der Waals surface area contributed by atoms with Crippen LogP contribution in [0.1, 0.15) is 11.1 Å². The molecule has 2 aliphatic rings. The molecule has 0 fully saturated rings. The normalized spacial score (nSPS) is 15.5. The fourth-order valence-corrected chi connectivity index (χ4v) is 5.24. The molecule has 2 heterocycles. The second-order valence-electron chi connectivity index (χ2n) is 7.22. The lowest BCUT2D eigenvalue weighted by Crippen LogP contribution is -2.20. The van der Waals surface area contributed by atoms with Gasteiger partial charge in [0, 0.05) is 23.0 Å². The maximum atomic E-state index is 13.3. The number of anilines is 2. The number of hydrogen-bond donors (Lipinski definition) is 2. The second-order valence-corrected chi connectivity index (χ2v) is 9.07. The number of benzene rings is 3. The van der Waals surface area contributed by atoms with Crippen molar-refractivity contribution in [3.8, 4) is 11.5 Å². The van der Waals surface area contributed by atoms with Gasteiger partial charge in [0.2, 0.25) is 16.6 Å². The maximum Gasteiger partial charge on any atom is 0.269 e. The summed E-state index contributed by atoms with van der Waals surface area (Å²) in [5.74, 6) is 0.449. The molecule has 7 nitrogen and oxygen atoms in total. The van der Waals surface area contributed by atoms with Crippen LogP contribution in [0.2, 0.25) is 0 Å². The molecule has 31 heavy (non-hydrogen) atoms. The molecule has 0 aliphatic carbocycles. The van der Waals surface area contributed by atoms with Gasteiger partial charge in [-0.15, -0.1) is 0 Å². The Morgan fingerprint density at radius 2 is 1.61 bits per heavy atom. The number of rotatable bonds is 4. The molecule has 0 spiro atoms. The van der Waals surface area contributed by atoms with Crippen LogP contribution in [0.4, 0.5) is 11.4 Å².